The molecule has 0 unspecified atom stereocenters. The van der Waals surface area contributed by atoms with Gasteiger partial charge in [0.2, 0.25) is 0 Å². The number of amides is 1. The van der Waals surface area contributed by atoms with Crippen LogP contribution in [-0.2, 0) is 20.9 Å². The topological polar surface area (TPSA) is 55.8 Å². The van der Waals surface area contributed by atoms with E-state index in [0.29, 0.717) is 39.3 Å². The van der Waals surface area contributed by atoms with Crippen molar-refractivity contribution < 1.29 is 19.1 Å². The number of hydrogen-bond acceptors (Lipinski definition) is 4. The first kappa shape index (κ1) is 23.6. The van der Waals surface area contributed by atoms with Gasteiger partial charge in [-0.25, -0.2) is 4.79 Å². The normalized spacial score (nSPS) is 14.6. The monoisotopic (exact) mass is 493 g/mol. The number of benzene rings is 3. The van der Waals surface area contributed by atoms with Gasteiger partial charge in [0.05, 0.1) is 23.9 Å². The minimum Gasteiger partial charge on any atom is -0.488 e. The van der Waals surface area contributed by atoms with Crippen LogP contribution in [0.25, 0.3) is 6.08 Å². The molecule has 1 aliphatic rings. The molecule has 0 spiro atoms. The molecule has 3 aromatic rings. The summed E-state index contributed by atoms with van der Waals surface area (Å²) in [5.41, 5.74) is 2.90. The van der Waals surface area contributed by atoms with Gasteiger partial charge in [0.1, 0.15) is 12.4 Å². The Hall–Kier alpha value is -3.54. The Morgan fingerprint density at radius 3 is 2.29 bits per heavy atom. The third kappa shape index (κ3) is 4.86. The molecule has 0 bridgehead atoms. The molecular weight excluding hydrogens is 473 g/mol. The zero-order valence-electron chi connectivity index (χ0n) is 18.5. The van der Waals surface area contributed by atoms with Gasteiger partial charge >= 0.3 is 5.97 Å². The molecule has 7 heteroatoms. The highest BCUT2D eigenvalue weighted by Crippen LogP contribution is 2.38. The summed E-state index contributed by atoms with van der Waals surface area (Å²) in [6.45, 7) is 2.04. The van der Waals surface area contributed by atoms with Crippen molar-refractivity contribution in [3.05, 3.63) is 111 Å². The van der Waals surface area contributed by atoms with E-state index < -0.39 is 11.9 Å². The largest absolute Gasteiger partial charge is 0.488 e. The van der Waals surface area contributed by atoms with Gasteiger partial charge in [-0.05, 0) is 42.8 Å². The second-order valence-electron chi connectivity index (χ2n) is 7.59. The fraction of sp³-hybridized carbons (Fsp3) is 0.111. The van der Waals surface area contributed by atoms with E-state index in [-0.39, 0.29) is 11.1 Å². The van der Waals surface area contributed by atoms with Gasteiger partial charge in [-0.2, -0.15) is 0 Å². The fourth-order valence-electron chi connectivity index (χ4n) is 3.78. The lowest BCUT2D eigenvalue weighted by Crippen LogP contribution is -2.24. The summed E-state index contributed by atoms with van der Waals surface area (Å²) in [6, 6.07) is 21.9. The van der Waals surface area contributed by atoms with E-state index in [4.69, 9.17) is 32.7 Å². The third-order valence-corrected chi connectivity index (χ3v) is 5.79. The second kappa shape index (κ2) is 10.2. The minimum atomic E-state index is -0.615. The maximum absolute atomic E-state index is 13.5. The molecule has 34 heavy (non-hydrogen) atoms. The van der Waals surface area contributed by atoms with Gasteiger partial charge in [-0.1, -0.05) is 71.7 Å². The Labute approximate surface area is 207 Å². The van der Waals surface area contributed by atoms with Gasteiger partial charge < -0.3 is 9.47 Å². The Kier molecular flexibility index (Phi) is 7.06. The van der Waals surface area contributed by atoms with Crippen LogP contribution in [-0.4, -0.2) is 19.0 Å². The molecule has 0 radical (unpaired) electrons. The summed E-state index contributed by atoms with van der Waals surface area (Å²) < 4.78 is 11.0. The Bertz CT molecular complexity index is 1290. The zero-order valence-corrected chi connectivity index (χ0v) is 20.1. The smallest absolute Gasteiger partial charge is 0.340 e. The van der Waals surface area contributed by atoms with Crippen LogP contribution in [0.3, 0.4) is 0 Å². The summed E-state index contributed by atoms with van der Waals surface area (Å²) in [7, 11) is 1.28. The van der Waals surface area contributed by atoms with Gasteiger partial charge in [-0.15, -0.1) is 0 Å². The Morgan fingerprint density at radius 1 is 0.971 bits per heavy atom. The lowest BCUT2D eigenvalue weighted by molar-refractivity contribution is -0.136. The summed E-state index contributed by atoms with van der Waals surface area (Å²) in [5, 5.41) is 0.750. The Balaban J connectivity index is 1.75. The number of nitrogens with zero attached hydrogens (tertiary/aromatic N) is 1. The maximum atomic E-state index is 13.5. The van der Waals surface area contributed by atoms with Crippen molar-refractivity contribution in [3.63, 3.8) is 0 Å². The number of hydrogen-bond donors (Lipinski definition) is 0. The molecule has 4 rings (SSSR count). The first-order valence-electron chi connectivity index (χ1n) is 10.5. The molecule has 5 nitrogen and oxygen atoms in total. The molecule has 0 N–H and O–H groups in total. The molecule has 0 aromatic heterocycles. The van der Waals surface area contributed by atoms with Crippen LogP contribution in [0.15, 0.2) is 89.6 Å². The molecule has 0 aliphatic carbocycles. The predicted molar refractivity (Wildman–Crippen MR) is 134 cm³/mol. The van der Waals surface area contributed by atoms with E-state index in [1.165, 1.54) is 12.0 Å². The van der Waals surface area contributed by atoms with E-state index in [1.54, 1.807) is 31.2 Å². The van der Waals surface area contributed by atoms with Crippen molar-refractivity contribution in [2.24, 2.45) is 0 Å². The van der Waals surface area contributed by atoms with Crippen molar-refractivity contribution in [1.29, 1.82) is 0 Å². The molecule has 0 saturated heterocycles. The van der Waals surface area contributed by atoms with Crippen molar-refractivity contribution >= 4 is 46.8 Å². The zero-order chi connectivity index (χ0) is 24.2. The lowest BCUT2D eigenvalue weighted by Gasteiger charge is -2.18. The van der Waals surface area contributed by atoms with Gasteiger partial charge in [0, 0.05) is 21.3 Å². The quantitative estimate of drug-likeness (QED) is 0.292. The number of allylic oxidation sites excluding steroid dienone is 1. The third-order valence-electron chi connectivity index (χ3n) is 5.35. The van der Waals surface area contributed by atoms with Crippen LogP contribution in [0.5, 0.6) is 5.75 Å². The number of esters is 1. The van der Waals surface area contributed by atoms with Crippen LogP contribution < -0.4 is 9.64 Å². The van der Waals surface area contributed by atoms with Gasteiger partial charge in [0.15, 0.2) is 0 Å². The predicted octanol–water partition coefficient (Wildman–Crippen LogP) is 6.45. The molecule has 0 fully saturated rings. The van der Waals surface area contributed by atoms with E-state index in [1.807, 2.05) is 54.6 Å². The number of carbonyl (C=O) groups is 2. The van der Waals surface area contributed by atoms with E-state index in [0.717, 1.165) is 5.56 Å². The van der Waals surface area contributed by atoms with E-state index in [9.17, 15) is 9.59 Å². The van der Waals surface area contributed by atoms with Crippen LogP contribution in [0, 0.1) is 0 Å². The number of anilines is 1. The average Bonchev–Trinajstić information content (AvgIpc) is 3.07. The summed E-state index contributed by atoms with van der Waals surface area (Å²) in [6.07, 6.45) is 1.64. The van der Waals surface area contributed by atoms with E-state index >= 15 is 0 Å². The first-order valence-corrected chi connectivity index (χ1v) is 11.2. The maximum Gasteiger partial charge on any atom is 0.340 e. The fourth-order valence-corrected chi connectivity index (χ4v) is 4.30. The molecule has 172 valence electrons. The van der Waals surface area contributed by atoms with Crippen LogP contribution >= 0.6 is 23.2 Å². The molecule has 0 saturated carbocycles. The van der Waals surface area contributed by atoms with Gasteiger partial charge in [0.25, 0.3) is 5.91 Å². The molecule has 0 atom stereocenters. The molecular formula is C27H21Cl2NO4. The first-order chi connectivity index (χ1) is 16.4. The number of rotatable bonds is 6. The summed E-state index contributed by atoms with van der Waals surface area (Å²) in [5.74, 6) is -0.428. The number of para-hydroxylation sites is 1. The number of methoxy groups -OCH3 is 1. The van der Waals surface area contributed by atoms with Crippen molar-refractivity contribution in [1.82, 2.24) is 0 Å². The second-order valence-corrected chi connectivity index (χ2v) is 8.46. The highest BCUT2D eigenvalue weighted by atomic mass is 35.5. The molecule has 3 aromatic carbocycles. The Morgan fingerprint density at radius 2 is 1.62 bits per heavy atom. The van der Waals surface area contributed by atoms with Gasteiger partial charge in [-0.3, -0.25) is 9.69 Å². The molecule has 1 aliphatic heterocycles. The molecule has 1 amide bonds. The van der Waals surface area contributed by atoms with Crippen molar-refractivity contribution in [2.75, 3.05) is 12.0 Å². The average molecular weight is 494 g/mol. The summed E-state index contributed by atoms with van der Waals surface area (Å²) >= 11 is 12.3. The highest BCUT2D eigenvalue weighted by molar-refractivity contribution is 6.35. The SMILES string of the molecule is COC(=O)C1=C(C)N(c2cc(Cl)cc(Cl)c2)C(=O)/C1=C\c1ccccc1OCc1ccccc1. The van der Waals surface area contributed by atoms with Crippen LogP contribution in [0.4, 0.5) is 5.69 Å². The summed E-state index contributed by atoms with van der Waals surface area (Å²) in [4.78, 5) is 27.6. The number of halogens is 2. The lowest BCUT2D eigenvalue weighted by atomic mass is 10.0. The minimum absolute atomic E-state index is 0.168. The number of carbonyl (C=O) groups excluding carboxylic acids is 2. The standard InChI is InChI=1S/C27H21Cl2NO4/c1-17-25(27(32)33-2)23(26(31)30(17)22-14-20(28)13-21(29)15-22)12-19-10-6-7-11-24(19)34-16-18-8-4-3-5-9-18/h3-15H,16H2,1-2H3/b23-12-. The highest BCUT2D eigenvalue weighted by Gasteiger charge is 2.38. The molecule has 1 heterocycles. The van der Waals surface area contributed by atoms with E-state index in [2.05, 4.69) is 0 Å². The van der Waals surface area contributed by atoms with Crippen molar-refractivity contribution in [2.45, 2.75) is 13.5 Å². The van der Waals surface area contributed by atoms with Crippen LogP contribution in [0.1, 0.15) is 18.1 Å². The number of ether oxygens (including phenoxy) is 2. The van der Waals surface area contributed by atoms with Crippen molar-refractivity contribution in [3.8, 4) is 5.75 Å². The van der Waals surface area contributed by atoms with Crippen LogP contribution in [0.2, 0.25) is 10.0 Å².